The molecule has 1 aliphatic rings. The second-order valence-electron chi connectivity index (χ2n) is 8.02. The number of methoxy groups -OCH3 is 1. The average Bonchev–Trinajstić information content (AvgIpc) is 2.78. The van der Waals surface area contributed by atoms with Gasteiger partial charge in [-0.25, -0.2) is 0 Å². The number of hydrogen-bond acceptors (Lipinski definition) is 4. The monoisotopic (exact) mass is 409 g/mol. The number of nitrogens with one attached hydrogen (secondary N) is 2. The summed E-state index contributed by atoms with van der Waals surface area (Å²) in [5.74, 6) is 0.989. The summed E-state index contributed by atoms with van der Waals surface area (Å²) in [5.41, 5.74) is 2.57. The molecule has 2 aromatic carbocycles. The normalized spacial score (nSPS) is 19.4. The molecular weight excluding hydrogens is 374 g/mol. The van der Waals surface area contributed by atoms with Crippen molar-refractivity contribution in [3.05, 3.63) is 65.7 Å². The molecule has 162 valence electrons. The Balaban J connectivity index is 1.67. The Kier molecular flexibility index (Phi) is 8.72. The molecule has 30 heavy (non-hydrogen) atoms. The summed E-state index contributed by atoms with van der Waals surface area (Å²) in [4.78, 5) is 13.7. The van der Waals surface area contributed by atoms with Gasteiger partial charge in [0, 0.05) is 31.6 Å². The Bertz CT molecular complexity index is 781. The van der Waals surface area contributed by atoms with E-state index in [1.54, 1.807) is 14.0 Å². The van der Waals surface area contributed by atoms with Crippen molar-refractivity contribution in [3.63, 3.8) is 0 Å². The van der Waals surface area contributed by atoms with E-state index in [0.29, 0.717) is 12.1 Å². The second kappa shape index (κ2) is 11.7. The number of piperidine rings is 1. The third-order valence-electron chi connectivity index (χ3n) is 5.87. The van der Waals surface area contributed by atoms with Crippen LogP contribution in [0, 0.1) is 0 Å². The molecule has 0 bridgehead atoms. The average molecular weight is 410 g/mol. The first-order valence-corrected chi connectivity index (χ1v) is 11.1. The molecule has 1 saturated heterocycles. The van der Waals surface area contributed by atoms with Crippen LogP contribution in [0.2, 0.25) is 0 Å². The number of unbranched alkanes of at least 4 members (excludes halogenated alkanes) is 1. The number of ether oxygens (including phenoxy) is 1. The van der Waals surface area contributed by atoms with Gasteiger partial charge in [-0.15, -0.1) is 0 Å². The standard InChI is InChI=1S/C25H35N3O2/c1-20(29)26-16-8-9-17-28-18-10-14-23(25(28)21-11-4-3-5-12-21)27-19-22-13-6-7-15-24(22)30-2/h3-7,11-13,15,23,25,27H,8-10,14,16-19H2,1-2H3,(H,26,29)/t23-,25-/m0/s1. The molecule has 3 rings (SSSR count). The van der Waals surface area contributed by atoms with Crippen LogP contribution in [0.3, 0.4) is 0 Å². The Hall–Kier alpha value is -2.37. The molecule has 2 atom stereocenters. The van der Waals surface area contributed by atoms with Crippen molar-refractivity contribution < 1.29 is 9.53 Å². The Morgan fingerprint density at radius 3 is 2.63 bits per heavy atom. The highest BCUT2D eigenvalue weighted by Crippen LogP contribution is 2.32. The number of carbonyl (C=O) groups is 1. The summed E-state index contributed by atoms with van der Waals surface area (Å²) >= 11 is 0. The van der Waals surface area contributed by atoms with E-state index in [1.165, 1.54) is 17.5 Å². The maximum absolute atomic E-state index is 11.1. The fourth-order valence-corrected chi connectivity index (χ4v) is 4.42. The number of likely N-dealkylation sites (tertiary alicyclic amines) is 1. The number of benzene rings is 2. The SMILES string of the molecule is COc1ccccc1CN[C@H]1CCCN(CCCCNC(C)=O)[C@H]1c1ccccc1. The highest BCUT2D eigenvalue weighted by molar-refractivity contribution is 5.72. The Morgan fingerprint density at radius 1 is 1.10 bits per heavy atom. The van der Waals surface area contributed by atoms with E-state index in [1.807, 2.05) is 12.1 Å². The molecule has 1 amide bonds. The number of para-hydroxylation sites is 1. The quantitative estimate of drug-likeness (QED) is 0.584. The zero-order valence-electron chi connectivity index (χ0n) is 18.3. The summed E-state index contributed by atoms with van der Waals surface area (Å²) in [6.45, 7) is 5.30. The first-order valence-electron chi connectivity index (χ1n) is 11.1. The van der Waals surface area contributed by atoms with E-state index >= 15 is 0 Å². The van der Waals surface area contributed by atoms with Gasteiger partial charge >= 0.3 is 0 Å². The lowest BCUT2D eigenvalue weighted by Gasteiger charge is -2.42. The molecule has 0 unspecified atom stereocenters. The molecule has 5 nitrogen and oxygen atoms in total. The highest BCUT2D eigenvalue weighted by atomic mass is 16.5. The fourth-order valence-electron chi connectivity index (χ4n) is 4.42. The summed E-state index contributed by atoms with van der Waals surface area (Å²) in [5, 5.41) is 6.73. The lowest BCUT2D eigenvalue weighted by Crippen LogP contribution is -2.48. The number of rotatable bonds is 10. The van der Waals surface area contributed by atoms with Gasteiger partial charge in [-0.05, 0) is 50.4 Å². The molecule has 0 spiro atoms. The molecule has 0 aromatic heterocycles. The van der Waals surface area contributed by atoms with Crippen LogP contribution in [-0.4, -0.2) is 43.6 Å². The zero-order valence-corrected chi connectivity index (χ0v) is 18.3. The smallest absolute Gasteiger partial charge is 0.216 e. The van der Waals surface area contributed by atoms with Gasteiger partial charge in [0.25, 0.3) is 0 Å². The van der Waals surface area contributed by atoms with E-state index in [2.05, 4.69) is 58.0 Å². The van der Waals surface area contributed by atoms with Crippen molar-refractivity contribution in [1.29, 1.82) is 0 Å². The maximum atomic E-state index is 11.1. The fraction of sp³-hybridized carbons (Fsp3) is 0.480. The number of nitrogens with zero attached hydrogens (tertiary/aromatic N) is 1. The predicted octanol–water partition coefficient (Wildman–Crippen LogP) is 3.91. The second-order valence-corrected chi connectivity index (χ2v) is 8.02. The molecule has 1 fully saturated rings. The van der Waals surface area contributed by atoms with Crippen molar-refractivity contribution in [2.45, 2.75) is 51.2 Å². The summed E-state index contributed by atoms with van der Waals surface area (Å²) < 4.78 is 5.53. The molecule has 2 aromatic rings. The predicted molar refractivity (Wildman–Crippen MR) is 122 cm³/mol. The third kappa shape index (κ3) is 6.31. The highest BCUT2D eigenvalue weighted by Gasteiger charge is 2.32. The van der Waals surface area contributed by atoms with Crippen LogP contribution in [0.5, 0.6) is 5.75 Å². The summed E-state index contributed by atoms with van der Waals surface area (Å²) in [6, 6.07) is 19.8. The minimum absolute atomic E-state index is 0.0516. The van der Waals surface area contributed by atoms with E-state index in [-0.39, 0.29) is 5.91 Å². The van der Waals surface area contributed by atoms with E-state index in [0.717, 1.165) is 51.2 Å². The van der Waals surface area contributed by atoms with Crippen LogP contribution >= 0.6 is 0 Å². The van der Waals surface area contributed by atoms with Crippen LogP contribution in [0.15, 0.2) is 54.6 Å². The Labute approximate surface area is 180 Å². The van der Waals surface area contributed by atoms with Gasteiger partial charge in [0.1, 0.15) is 5.75 Å². The van der Waals surface area contributed by atoms with E-state index in [4.69, 9.17) is 4.74 Å². The van der Waals surface area contributed by atoms with Crippen molar-refractivity contribution in [1.82, 2.24) is 15.5 Å². The largest absolute Gasteiger partial charge is 0.496 e. The van der Waals surface area contributed by atoms with Crippen molar-refractivity contribution in [2.75, 3.05) is 26.7 Å². The Morgan fingerprint density at radius 2 is 1.87 bits per heavy atom. The number of amides is 1. The molecule has 0 radical (unpaired) electrons. The van der Waals surface area contributed by atoms with Crippen molar-refractivity contribution in [2.24, 2.45) is 0 Å². The molecule has 0 aliphatic carbocycles. The van der Waals surface area contributed by atoms with E-state index in [9.17, 15) is 4.79 Å². The van der Waals surface area contributed by atoms with Crippen LogP contribution in [0.1, 0.15) is 49.8 Å². The molecular formula is C25H35N3O2. The molecule has 2 N–H and O–H groups in total. The van der Waals surface area contributed by atoms with Gasteiger partial charge in [-0.3, -0.25) is 9.69 Å². The van der Waals surface area contributed by atoms with Gasteiger partial charge in [0.05, 0.1) is 13.2 Å². The number of carbonyl (C=O) groups excluding carboxylic acids is 1. The van der Waals surface area contributed by atoms with Gasteiger partial charge in [0.15, 0.2) is 0 Å². The van der Waals surface area contributed by atoms with Crippen LogP contribution in [0.4, 0.5) is 0 Å². The lowest BCUT2D eigenvalue weighted by molar-refractivity contribution is -0.118. The van der Waals surface area contributed by atoms with Crippen LogP contribution in [0.25, 0.3) is 0 Å². The van der Waals surface area contributed by atoms with Gasteiger partial charge in [-0.2, -0.15) is 0 Å². The first kappa shape index (κ1) is 22.3. The minimum Gasteiger partial charge on any atom is -0.496 e. The first-order chi connectivity index (χ1) is 14.7. The summed E-state index contributed by atoms with van der Waals surface area (Å²) in [6.07, 6.45) is 4.45. The molecule has 1 heterocycles. The molecule has 5 heteroatoms. The van der Waals surface area contributed by atoms with Crippen LogP contribution < -0.4 is 15.4 Å². The topological polar surface area (TPSA) is 53.6 Å². The lowest BCUT2D eigenvalue weighted by atomic mass is 9.89. The van der Waals surface area contributed by atoms with Crippen molar-refractivity contribution >= 4 is 5.91 Å². The van der Waals surface area contributed by atoms with Gasteiger partial charge in [0.2, 0.25) is 5.91 Å². The van der Waals surface area contributed by atoms with Gasteiger partial charge in [-0.1, -0.05) is 48.5 Å². The van der Waals surface area contributed by atoms with Gasteiger partial charge < -0.3 is 15.4 Å². The maximum Gasteiger partial charge on any atom is 0.216 e. The van der Waals surface area contributed by atoms with Crippen LogP contribution in [-0.2, 0) is 11.3 Å². The van der Waals surface area contributed by atoms with Crippen molar-refractivity contribution in [3.8, 4) is 5.75 Å². The van der Waals surface area contributed by atoms with E-state index < -0.39 is 0 Å². The third-order valence-corrected chi connectivity index (χ3v) is 5.87. The number of hydrogen-bond donors (Lipinski definition) is 2. The molecule has 1 aliphatic heterocycles. The molecule has 0 saturated carbocycles. The zero-order chi connectivity index (χ0) is 21.2. The summed E-state index contributed by atoms with van der Waals surface area (Å²) in [7, 11) is 1.73. The minimum atomic E-state index is 0.0516.